The Morgan fingerprint density at radius 1 is 1.11 bits per heavy atom. The summed E-state index contributed by atoms with van der Waals surface area (Å²) in [5, 5.41) is 3.56. The summed E-state index contributed by atoms with van der Waals surface area (Å²) >= 11 is 0. The van der Waals surface area contributed by atoms with Gasteiger partial charge in [0.25, 0.3) is 0 Å². The predicted octanol–water partition coefficient (Wildman–Crippen LogP) is 3.67. The number of likely N-dealkylation sites (tertiary alicyclic amines) is 1. The van der Waals surface area contributed by atoms with Gasteiger partial charge in [-0.1, -0.05) is 19.8 Å². The van der Waals surface area contributed by atoms with E-state index in [1.54, 1.807) is 0 Å². The second-order valence-corrected chi connectivity index (χ2v) is 7.14. The van der Waals surface area contributed by atoms with Gasteiger partial charge in [0, 0.05) is 12.1 Å². The average molecular weight is 254 g/mol. The van der Waals surface area contributed by atoms with E-state index in [0.717, 1.165) is 5.92 Å². The first-order valence-electron chi connectivity index (χ1n) is 7.95. The summed E-state index contributed by atoms with van der Waals surface area (Å²) in [4.78, 5) is 2.67. The SMILES string of the molecule is CC1CCCN(CCCCCCNC(C)(C)C)C1. The summed E-state index contributed by atoms with van der Waals surface area (Å²) in [6, 6.07) is 0. The Morgan fingerprint density at radius 3 is 2.50 bits per heavy atom. The molecule has 1 N–H and O–H groups in total. The van der Waals surface area contributed by atoms with E-state index < -0.39 is 0 Å². The fraction of sp³-hybridized carbons (Fsp3) is 1.00. The Balaban J connectivity index is 1.89. The van der Waals surface area contributed by atoms with Crippen molar-refractivity contribution in [1.29, 1.82) is 0 Å². The molecule has 1 saturated heterocycles. The number of piperidine rings is 1. The molecule has 1 rings (SSSR count). The molecule has 18 heavy (non-hydrogen) atoms. The maximum absolute atomic E-state index is 3.56. The van der Waals surface area contributed by atoms with Crippen LogP contribution in [-0.4, -0.2) is 36.6 Å². The van der Waals surface area contributed by atoms with Gasteiger partial charge in [-0.2, -0.15) is 0 Å². The number of rotatable bonds is 7. The third kappa shape index (κ3) is 8.10. The quantitative estimate of drug-likeness (QED) is 0.697. The van der Waals surface area contributed by atoms with Gasteiger partial charge in [0.1, 0.15) is 0 Å². The van der Waals surface area contributed by atoms with Crippen molar-refractivity contribution >= 4 is 0 Å². The zero-order chi connectivity index (χ0) is 13.4. The summed E-state index contributed by atoms with van der Waals surface area (Å²) in [7, 11) is 0. The van der Waals surface area contributed by atoms with E-state index >= 15 is 0 Å². The smallest absolute Gasteiger partial charge is 0.00965 e. The summed E-state index contributed by atoms with van der Waals surface area (Å²) < 4.78 is 0. The highest BCUT2D eigenvalue weighted by atomic mass is 15.1. The van der Waals surface area contributed by atoms with Crippen LogP contribution in [0.5, 0.6) is 0 Å². The van der Waals surface area contributed by atoms with Crippen LogP contribution in [0.25, 0.3) is 0 Å². The van der Waals surface area contributed by atoms with E-state index in [1.807, 2.05) is 0 Å². The minimum Gasteiger partial charge on any atom is -0.312 e. The lowest BCUT2D eigenvalue weighted by Crippen LogP contribution is -2.36. The lowest BCUT2D eigenvalue weighted by molar-refractivity contribution is 0.180. The molecular formula is C16H34N2. The minimum atomic E-state index is 0.282. The molecule has 0 aromatic heterocycles. The summed E-state index contributed by atoms with van der Waals surface area (Å²) in [5.74, 6) is 0.926. The molecule has 108 valence electrons. The van der Waals surface area contributed by atoms with E-state index in [2.05, 4.69) is 37.9 Å². The van der Waals surface area contributed by atoms with E-state index in [9.17, 15) is 0 Å². The molecule has 0 saturated carbocycles. The normalized spacial score (nSPS) is 22.3. The number of hydrogen-bond acceptors (Lipinski definition) is 2. The highest BCUT2D eigenvalue weighted by molar-refractivity contribution is 4.71. The standard InChI is InChI=1S/C16H34N2/c1-15-10-9-13-18(14-15)12-8-6-5-7-11-17-16(2,3)4/h15,17H,5-14H2,1-4H3. The number of hydrogen-bond donors (Lipinski definition) is 1. The van der Waals surface area contributed by atoms with Crippen molar-refractivity contribution in [3.8, 4) is 0 Å². The summed E-state index contributed by atoms with van der Waals surface area (Å²) in [5.41, 5.74) is 0.282. The topological polar surface area (TPSA) is 15.3 Å². The molecule has 1 aliphatic rings. The highest BCUT2D eigenvalue weighted by Crippen LogP contribution is 2.16. The van der Waals surface area contributed by atoms with E-state index in [1.165, 1.54) is 64.7 Å². The Morgan fingerprint density at radius 2 is 1.83 bits per heavy atom. The molecule has 0 aromatic carbocycles. The molecule has 0 amide bonds. The van der Waals surface area contributed by atoms with Gasteiger partial charge in [-0.3, -0.25) is 0 Å². The van der Waals surface area contributed by atoms with Crippen LogP contribution in [0.3, 0.4) is 0 Å². The number of nitrogens with one attached hydrogen (secondary N) is 1. The van der Waals surface area contributed by atoms with Crippen LogP contribution in [-0.2, 0) is 0 Å². The molecule has 1 fully saturated rings. The van der Waals surface area contributed by atoms with Crippen molar-refractivity contribution in [1.82, 2.24) is 10.2 Å². The zero-order valence-electron chi connectivity index (χ0n) is 13.1. The third-order valence-corrected chi connectivity index (χ3v) is 3.80. The predicted molar refractivity (Wildman–Crippen MR) is 81.1 cm³/mol. The van der Waals surface area contributed by atoms with Gasteiger partial charge >= 0.3 is 0 Å². The van der Waals surface area contributed by atoms with Crippen molar-refractivity contribution in [2.75, 3.05) is 26.2 Å². The molecule has 1 atom stereocenters. The molecule has 0 aromatic rings. The Kier molecular flexibility index (Phi) is 7.25. The maximum atomic E-state index is 3.56. The van der Waals surface area contributed by atoms with Gasteiger partial charge in [-0.25, -0.2) is 0 Å². The van der Waals surface area contributed by atoms with Crippen LogP contribution in [0.1, 0.15) is 66.2 Å². The number of nitrogens with zero attached hydrogens (tertiary/aromatic N) is 1. The fourth-order valence-corrected chi connectivity index (χ4v) is 2.77. The first-order chi connectivity index (χ1) is 8.47. The third-order valence-electron chi connectivity index (χ3n) is 3.80. The van der Waals surface area contributed by atoms with Crippen LogP contribution in [0, 0.1) is 5.92 Å². The Hall–Kier alpha value is -0.0800. The first-order valence-corrected chi connectivity index (χ1v) is 7.95. The number of unbranched alkanes of at least 4 members (excludes halogenated alkanes) is 3. The lowest BCUT2D eigenvalue weighted by Gasteiger charge is -2.30. The van der Waals surface area contributed by atoms with Gasteiger partial charge in [-0.05, 0) is 72.0 Å². The zero-order valence-corrected chi connectivity index (χ0v) is 13.1. The van der Waals surface area contributed by atoms with E-state index in [0.29, 0.717) is 0 Å². The van der Waals surface area contributed by atoms with Crippen molar-refractivity contribution in [3.05, 3.63) is 0 Å². The minimum absolute atomic E-state index is 0.282. The van der Waals surface area contributed by atoms with Crippen molar-refractivity contribution in [2.45, 2.75) is 71.8 Å². The van der Waals surface area contributed by atoms with Gasteiger partial charge in [0.15, 0.2) is 0 Å². The molecule has 2 heteroatoms. The maximum Gasteiger partial charge on any atom is 0.00965 e. The van der Waals surface area contributed by atoms with Crippen LogP contribution >= 0.6 is 0 Å². The second-order valence-electron chi connectivity index (χ2n) is 7.14. The van der Waals surface area contributed by atoms with Crippen LogP contribution in [0.15, 0.2) is 0 Å². The second kappa shape index (κ2) is 8.16. The van der Waals surface area contributed by atoms with Crippen molar-refractivity contribution in [3.63, 3.8) is 0 Å². The van der Waals surface area contributed by atoms with Crippen LogP contribution in [0.2, 0.25) is 0 Å². The molecule has 2 nitrogen and oxygen atoms in total. The molecule has 0 radical (unpaired) electrons. The van der Waals surface area contributed by atoms with Gasteiger partial charge in [-0.15, -0.1) is 0 Å². The fourth-order valence-electron chi connectivity index (χ4n) is 2.77. The van der Waals surface area contributed by atoms with Crippen molar-refractivity contribution < 1.29 is 0 Å². The Labute approximate surface area is 115 Å². The molecule has 1 unspecified atom stereocenters. The Bertz CT molecular complexity index is 208. The van der Waals surface area contributed by atoms with Crippen molar-refractivity contribution in [2.24, 2.45) is 5.92 Å². The van der Waals surface area contributed by atoms with Gasteiger partial charge in [0.05, 0.1) is 0 Å². The molecule has 1 aliphatic heterocycles. The van der Waals surface area contributed by atoms with E-state index in [4.69, 9.17) is 0 Å². The largest absolute Gasteiger partial charge is 0.312 e. The molecule has 0 bridgehead atoms. The van der Waals surface area contributed by atoms with Gasteiger partial charge in [0.2, 0.25) is 0 Å². The molecule has 0 spiro atoms. The summed E-state index contributed by atoms with van der Waals surface area (Å²) in [6.45, 7) is 14.3. The van der Waals surface area contributed by atoms with E-state index in [-0.39, 0.29) is 5.54 Å². The lowest BCUT2D eigenvalue weighted by atomic mass is 10.00. The summed E-state index contributed by atoms with van der Waals surface area (Å²) in [6.07, 6.45) is 8.35. The molecule has 0 aliphatic carbocycles. The van der Waals surface area contributed by atoms with Crippen LogP contribution in [0.4, 0.5) is 0 Å². The molecule has 1 heterocycles. The van der Waals surface area contributed by atoms with Crippen LogP contribution < -0.4 is 5.32 Å². The van der Waals surface area contributed by atoms with Gasteiger partial charge < -0.3 is 10.2 Å². The molecular weight excluding hydrogens is 220 g/mol. The first kappa shape index (κ1) is 16.0. The highest BCUT2D eigenvalue weighted by Gasteiger charge is 2.15. The average Bonchev–Trinajstić information content (AvgIpc) is 2.26. The monoisotopic (exact) mass is 254 g/mol.